The summed E-state index contributed by atoms with van der Waals surface area (Å²) in [5.41, 5.74) is 1.08. The number of hydrogen-bond donors (Lipinski definition) is 1. The van der Waals surface area contributed by atoms with Crippen LogP contribution in [0.3, 0.4) is 0 Å². The molecule has 1 atom stereocenters. The van der Waals surface area contributed by atoms with Crippen molar-refractivity contribution in [2.45, 2.75) is 17.9 Å². The van der Waals surface area contributed by atoms with Crippen LogP contribution in [0.15, 0.2) is 77.7 Å². The molecule has 1 amide bonds. The second kappa shape index (κ2) is 10.6. The van der Waals surface area contributed by atoms with Gasteiger partial charge in [0.25, 0.3) is 10.0 Å². The molecule has 0 spiro atoms. The van der Waals surface area contributed by atoms with Crippen molar-refractivity contribution in [2.24, 2.45) is 0 Å². The fourth-order valence-electron chi connectivity index (χ4n) is 3.32. The Kier molecular flexibility index (Phi) is 7.84. The van der Waals surface area contributed by atoms with E-state index >= 15 is 0 Å². The van der Waals surface area contributed by atoms with Crippen LogP contribution >= 0.6 is 11.6 Å². The maximum absolute atomic E-state index is 13.4. The molecule has 7 nitrogen and oxygen atoms in total. The maximum Gasteiger partial charge on any atom is 0.264 e. The Bertz CT molecular complexity index is 1200. The Labute approximate surface area is 198 Å². The Morgan fingerprint density at radius 1 is 1.00 bits per heavy atom. The van der Waals surface area contributed by atoms with Crippen LogP contribution in [-0.2, 0) is 14.8 Å². The summed E-state index contributed by atoms with van der Waals surface area (Å²) in [4.78, 5) is 13.0. The summed E-state index contributed by atoms with van der Waals surface area (Å²) in [6.07, 6.45) is 0. The molecule has 3 aromatic rings. The molecular formula is C24H25ClN2O5S. The number of anilines is 1. The average molecular weight is 489 g/mol. The number of methoxy groups -OCH3 is 2. The fraction of sp³-hybridized carbons (Fsp3) is 0.208. The Morgan fingerprint density at radius 2 is 1.67 bits per heavy atom. The second-order valence-corrected chi connectivity index (χ2v) is 9.50. The first-order valence-electron chi connectivity index (χ1n) is 10.1. The molecule has 0 fully saturated rings. The lowest BCUT2D eigenvalue weighted by Crippen LogP contribution is -2.41. The Morgan fingerprint density at radius 3 is 2.27 bits per heavy atom. The molecule has 0 saturated heterocycles. The molecule has 0 aliphatic heterocycles. The number of sulfonamides is 1. The van der Waals surface area contributed by atoms with Crippen molar-refractivity contribution < 1.29 is 22.7 Å². The number of rotatable bonds is 9. The largest absolute Gasteiger partial charge is 0.497 e. The summed E-state index contributed by atoms with van der Waals surface area (Å²) < 4.78 is 38.5. The van der Waals surface area contributed by atoms with Gasteiger partial charge in [-0.2, -0.15) is 0 Å². The molecule has 174 valence electrons. The summed E-state index contributed by atoms with van der Waals surface area (Å²) in [7, 11) is -0.934. The van der Waals surface area contributed by atoms with Gasteiger partial charge in [0.2, 0.25) is 5.91 Å². The van der Waals surface area contributed by atoms with Gasteiger partial charge in [0.1, 0.15) is 18.0 Å². The third kappa shape index (κ3) is 5.77. The van der Waals surface area contributed by atoms with E-state index in [1.807, 2.05) is 0 Å². The molecule has 0 bridgehead atoms. The lowest BCUT2D eigenvalue weighted by Gasteiger charge is -2.25. The molecule has 0 radical (unpaired) electrons. The normalized spacial score (nSPS) is 12.0. The zero-order chi connectivity index (χ0) is 24.0. The van der Waals surface area contributed by atoms with E-state index in [4.69, 9.17) is 21.1 Å². The van der Waals surface area contributed by atoms with Crippen molar-refractivity contribution in [1.82, 2.24) is 5.32 Å². The highest BCUT2D eigenvalue weighted by molar-refractivity contribution is 7.92. The fourth-order valence-corrected chi connectivity index (χ4v) is 4.86. The van der Waals surface area contributed by atoms with Crippen LogP contribution in [0.5, 0.6) is 11.5 Å². The predicted molar refractivity (Wildman–Crippen MR) is 129 cm³/mol. The standard InChI is InChI=1S/C24H25ClN2O5S/c1-17(22-15-20(31-2)11-14-23(22)32-3)26-24(28)16-27(19-7-5-4-6-8-19)33(29,30)21-12-9-18(25)10-13-21/h4-15,17H,16H2,1-3H3,(H,26,28)/t17-/m0/s1. The number of benzene rings is 3. The Balaban J connectivity index is 1.88. The van der Waals surface area contributed by atoms with E-state index in [2.05, 4.69) is 5.32 Å². The van der Waals surface area contributed by atoms with E-state index in [0.717, 1.165) is 4.31 Å². The smallest absolute Gasteiger partial charge is 0.264 e. The number of halogens is 1. The summed E-state index contributed by atoms with van der Waals surface area (Å²) in [5.74, 6) is 0.717. The van der Waals surface area contributed by atoms with E-state index < -0.39 is 28.5 Å². The first-order chi connectivity index (χ1) is 15.8. The number of ether oxygens (including phenoxy) is 2. The highest BCUT2D eigenvalue weighted by atomic mass is 35.5. The van der Waals surface area contributed by atoms with Crippen LogP contribution in [0, 0.1) is 0 Å². The molecule has 0 unspecified atom stereocenters. The van der Waals surface area contributed by atoms with Gasteiger partial charge in [-0.25, -0.2) is 8.42 Å². The van der Waals surface area contributed by atoms with Crippen molar-refractivity contribution in [1.29, 1.82) is 0 Å². The first-order valence-corrected chi connectivity index (χ1v) is 11.9. The Hall–Kier alpha value is -3.23. The van der Waals surface area contributed by atoms with E-state index in [-0.39, 0.29) is 4.90 Å². The minimum Gasteiger partial charge on any atom is -0.497 e. The molecule has 1 N–H and O–H groups in total. The third-order valence-corrected chi connectivity index (χ3v) is 7.05. The molecule has 33 heavy (non-hydrogen) atoms. The quantitative estimate of drug-likeness (QED) is 0.481. The average Bonchev–Trinajstić information content (AvgIpc) is 2.82. The number of nitrogens with one attached hydrogen (secondary N) is 1. The number of carbonyl (C=O) groups is 1. The van der Waals surface area contributed by atoms with Crippen molar-refractivity contribution in [3.05, 3.63) is 83.4 Å². The van der Waals surface area contributed by atoms with Gasteiger partial charge in [-0.05, 0) is 61.5 Å². The summed E-state index contributed by atoms with van der Waals surface area (Å²) >= 11 is 5.91. The van der Waals surface area contributed by atoms with E-state index in [1.54, 1.807) is 62.6 Å². The molecule has 3 rings (SSSR count). The van der Waals surface area contributed by atoms with Gasteiger partial charge in [-0.3, -0.25) is 9.10 Å². The summed E-state index contributed by atoms with van der Waals surface area (Å²) in [6, 6.07) is 19.1. The van der Waals surface area contributed by atoms with Gasteiger partial charge in [0.05, 0.1) is 30.8 Å². The maximum atomic E-state index is 13.4. The van der Waals surface area contributed by atoms with Crippen molar-refractivity contribution in [3.8, 4) is 11.5 Å². The zero-order valence-corrected chi connectivity index (χ0v) is 20.1. The van der Waals surface area contributed by atoms with Crippen molar-refractivity contribution in [2.75, 3.05) is 25.1 Å². The molecule has 0 saturated carbocycles. The van der Waals surface area contributed by atoms with E-state index in [1.165, 1.54) is 31.4 Å². The van der Waals surface area contributed by atoms with E-state index in [0.29, 0.717) is 27.8 Å². The van der Waals surface area contributed by atoms with Gasteiger partial charge < -0.3 is 14.8 Å². The summed E-state index contributed by atoms with van der Waals surface area (Å²) in [6.45, 7) is 1.38. The van der Waals surface area contributed by atoms with Crippen LogP contribution in [0.2, 0.25) is 5.02 Å². The lowest BCUT2D eigenvalue weighted by molar-refractivity contribution is -0.120. The molecular weight excluding hydrogens is 464 g/mol. The highest BCUT2D eigenvalue weighted by Gasteiger charge is 2.28. The molecule has 9 heteroatoms. The molecule has 0 aromatic heterocycles. The van der Waals surface area contributed by atoms with Crippen molar-refractivity contribution in [3.63, 3.8) is 0 Å². The number of nitrogens with zero attached hydrogens (tertiary/aromatic N) is 1. The van der Waals surface area contributed by atoms with Crippen LogP contribution in [0.25, 0.3) is 0 Å². The van der Waals surface area contributed by atoms with Gasteiger partial charge >= 0.3 is 0 Å². The monoisotopic (exact) mass is 488 g/mol. The van der Waals surface area contributed by atoms with Crippen molar-refractivity contribution >= 4 is 33.2 Å². The van der Waals surface area contributed by atoms with Gasteiger partial charge in [-0.15, -0.1) is 0 Å². The topological polar surface area (TPSA) is 84.9 Å². The van der Waals surface area contributed by atoms with E-state index in [9.17, 15) is 13.2 Å². The minimum atomic E-state index is -4.02. The highest BCUT2D eigenvalue weighted by Crippen LogP contribution is 2.29. The number of carbonyl (C=O) groups excluding carboxylic acids is 1. The third-order valence-electron chi connectivity index (χ3n) is 5.01. The predicted octanol–water partition coefficient (Wildman–Crippen LogP) is 4.43. The summed E-state index contributed by atoms with van der Waals surface area (Å²) in [5, 5.41) is 3.27. The first kappa shape index (κ1) is 24.4. The molecule has 0 aliphatic rings. The number of hydrogen-bond acceptors (Lipinski definition) is 5. The molecule has 3 aromatic carbocycles. The SMILES string of the molecule is COc1ccc(OC)c([C@H](C)NC(=O)CN(c2ccccc2)S(=O)(=O)c2ccc(Cl)cc2)c1. The molecule has 0 aliphatic carbocycles. The number of para-hydroxylation sites is 1. The van der Waals surface area contributed by atoms with Crippen LogP contribution in [0.4, 0.5) is 5.69 Å². The zero-order valence-electron chi connectivity index (χ0n) is 18.5. The number of amides is 1. The molecule has 0 heterocycles. The second-order valence-electron chi connectivity index (χ2n) is 7.20. The van der Waals surface area contributed by atoms with Gasteiger partial charge in [-0.1, -0.05) is 29.8 Å². The minimum absolute atomic E-state index is 0.0334. The van der Waals surface area contributed by atoms with Crippen LogP contribution in [-0.4, -0.2) is 35.1 Å². The van der Waals surface area contributed by atoms with Gasteiger partial charge in [0, 0.05) is 10.6 Å². The van der Waals surface area contributed by atoms with Crippen LogP contribution in [0.1, 0.15) is 18.5 Å². The van der Waals surface area contributed by atoms with Crippen LogP contribution < -0.4 is 19.1 Å². The lowest BCUT2D eigenvalue weighted by atomic mass is 10.1. The van der Waals surface area contributed by atoms with Gasteiger partial charge in [0.15, 0.2) is 0 Å².